The highest BCUT2D eigenvalue weighted by Crippen LogP contribution is 1.82. The maximum atomic E-state index is 3.28. The van der Waals surface area contributed by atoms with Crippen molar-refractivity contribution in [2.45, 2.75) is 13.0 Å². The van der Waals surface area contributed by atoms with Gasteiger partial charge in [-0.1, -0.05) is 5.92 Å². The molecule has 1 atom stereocenters. The number of hydrogen-bond donors (Lipinski definition) is 2. The summed E-state index contributed by atoms with van der Waals surface area (Å²) in [6.45, 7) is 4.97. The molecule has 0 spiro atoms. The lowest BCUT2D eigenvalue weighted by Crippen LogP contribution is -2.47. The standard InChI is InChI=1S/C7H12N2/c1-2-3-7-6-8-4-5-9-7/h7-9H,4-6H2,1H3/t7-/m0/s1. The van der Waals surface area contributed by atoms with Gasteiger partial charge in [-0.05, 0) is 6.92 Å². The topological polar surface area (TPSA) is 24.1 Å². The van der Waals surface area contributed by atoms with E-state index in [1.165, 1.54) is 0 Å². The Morgan fingerprint density at radius 3 is 2.89 bits per heavy atom. The highest BCUT2D eigenvalue weighted by Gasteiger charge is 2.06. The van der Waals surface area contributed by atoms with Crippen molar-refractivity contribution >= 4 is 0 Å². The van der Waals surface area contributed by atoms with Crippen molar-refractivity contribution in [2.75, 3.05) is 19.6 Å². The quantitative estimate of drug-likeness (QED) is 0.428. The van der Waals surface area contributed by atoms with E-state index in [0.29, 0.717) is 6.04 Å². The fourth-order valence-electron chi connectivity index (χ4n) is 0.930. The minimum absolute atomic E-state index is 0.378. The van der Waals surface area contributed by atoms with Crippen molar-refractivity contribution in [3.63, 3.8) is 0 Å². The summed E-state index contributed by atoms with van der Waals surface area (Å²) in [7, 11) is 0. The fourth-order valence-corrected chi connectivity index (χ4v) is 0.930. The third-order valence-electron chi connectivity index (χ3n) is 1.36. The van der Waals surface area contributed by atoms with Crippen molar-refractivity contribution in [1.29, 1.82) is 0 Å². The Balaban J connectivity index is 2.28. The van der Waals surface area contributed by atoms with Gasteiger partial charge in [0.1, 0.15) is 0 Å². The summed E-state index contributed by atoms with van der Waals surface area (Å²) in [5.41, 5.74) is 0. The predicted molar refractivity (Wildman–Crippen MR) is 38.1 cm³/mol. The molecule has 1 aliphatic heterocycles. The van der Waals surface area contributed by atoms with Crippen LogP contribution in [0.1, 0.15) is 6.92 Å². The average molecular weight is 124 g/mol. The lowest BCUT2D eigenvalue weighted by molar-refractivity contribution is 0.480. The molecular formula is C7H12N2. The predicted octanol–water partition coefficient (Wildman–Crippen LogP) is -0.429. The van der Waals surface area contributed by atoms with Crippen molar-refractivity contribution < 1.29 is 0 Å². The minimum Gasteiger partial charge on any atom is -0.313 e. The Labute approximate surface area is 56.0 Å². The molecule has 1 rings (SSSR count). The molecule has 0 amide bonds. The van der Waals surface area contributed by atoms with Gasteiger partial charge in [0.25, 0.3) is 0 Å². The van der Waals surface area contributed by atoms with E-state index in [4.69, 9.17) is 0 Å². The second-order valence-corrected chi connectivity index (χ2v) is 2.11. The summed E-state index contributed by atoms with van der Waals surface area (Å²) in [6, 6.07) is 0.378. The Kier molecular flexibility index (Phi) is 2.56. The van der Waals surface area contributed by atoms with E-state index < -0.39 is 0 Å². The summed E-state index contributed by atoms with van der Waals surface area (Å²) < 4.78 is 0. The first-order chi connectivity index (χ1) is 4.43. The van der Waals surface area contributed by atoms with E-state index in [-0.39, 0.29) is 0 Å². The smallest absolute Gasteiger partial charge is 0.0816 e. The summed E-state index contributed by atoms with van der Waals surface area (Å²) in [6.07, 6.45) is 0. The number of nitrogens with one attached hydrogen (secondary N) is 2. The molecule has 2 heteroatoms. The van der Waals surface area contributed by atoms with Crippen LogP contribution >= 0.6 is 0 Å². The second-order valence-electron chi connectivity index (χ2n) is 2.11. The van der Waals surface area contributed by atoms with Crippen molar-refractivity contribution in [2.24, 2.45) is 0 Å². The van der Waals surface area contributed by atoms with Crippen LogP contribution in [-0.4, -0.2) is 25.7 Å². The maximum Gasteiger partial charge on any atom is 0.0816 e. The second kappa shape index (κ2) is 3.49. The van der Waals surface area contributed by atoms with Crippen LogP contribution in [0.25, 0.3) is 0 Å². The van der Waals surface area contributed by atoms with Crippen LogP contribution in [0.4, 0.5) is 0 Å². The van der Waals surface area contributed by atoms with Crippen molar-refractivity contribution in [3.05, 3.63) is 0 Å². The summed E-state index contributed by atoms with van der Waals surface area (Å²) in [4.78, 5) is 0. The summed E-state index contributed by atoms with van der Waals surface area (Å²) >= 11 is 0. The molecule has 0 bridgehead atoms. The van der Waals surface area contributed by atoms with Crippen molar-refractivity contribution in [1.82, 2.24) is 10.6 Å². The molecule has 1 saturated heterocycles. The van der Waals surface area contributed by atoms with Crippen LogP contribution in [0.5, 0.6) is 0 Å². The van der Waals surface area contributed by atoms with Crippen LogP contribution in [0.3, 0.4) is 0 Å². The third kappa shape index (κ3) is 2.05. The molecule has 1 aliphatic rings. The van der Waals surface area contributed by atoms with Crippen molar-refractivity contribution in [3.8, 4) is 11.8 Å². The van der Waals surface area contributed by atoms with Gasteiger partial charge in [-0.25, -0.2) is 0 Å². The van der Waals surface area contributed by atoms with Crippen LogP contribution in [-0.2, 0) is 0 Å². The fraction of sp³-hybridized carbons (Fsp3) is 0.714. The Morgan fingerprint density at radius 1 is 1.44 bits per heavy atom. The Bertz CT molecular complexity index is 126. The van der Waals surface area contributed by atoms with Gasteiger partial charge in [0.05, 0.1) is 6.04 Å². The van der Waals surface area contributed by atoms with Gasteiger partial charge in [0.2, 0.25) is 0 Å². The van der Waals surface area contributed by atoms with Gasteiger partial charge < -0.3 is 10.6 Å². The molecule has 0 aromatic carbocycles. The van der Waals surface area contributed by atoms with E-state index in [0.717, 1.165) is 19.6 Å². The maximum absolute atomic E-state index is 3.28. The van der Waals surface area contributed by atoms with Crippen LogP contribution in [0.2, 0.25) is 0 Å². The summed E-state index contributed by atoms with van der Waals surface area (Å²) in [5, 5.41) is 6.54. The minimum atomic E-state index is 0.378. The molecule has 1 fully saturated rings. The van der Waals surface area contributed by atoms with E-state index in [2.05, 4.69) is 22.5 Å². The van der Waals surface area contributed by atoms with Crippen LogP contribution in [0.15, 0.2) is 0 Å². The molecular weight excluding hydrogens is 112 g/mol. The monoisotopic (exact) mass is 124 g/mol. The lowest BCUT2D eigenvalue weighted by atomic mass is 10.2. The number of hydrogen-bond acceptors (Lipinski definition) is 2. The summed E-state index contributed by atoms with van der Waals surface area (Å²) in [5.74, 6) is 5.95. The van der Waals surface area contributed by atoms with Gasteiger partial charge in [0.15, 0.2) is 0 Å². The zero-order chi connectivity index (χ0) is 6.53. The molecule has 2 nitrogen and oxygen atoms in total. The van der Waals surface area contributed by atoms with Gasteiger partial charge in [-0.15, -0.1) is 5.92 Å². The van der Waals surface area contributed by atoms with E-state index in [1.807, 2.05) is 6.92 Å². The first-order valence-electron chi connectivity index (χ1n) is 3.30. The number of piperazine rings is 1. The molecule has 9 heavy (non-hydrogen) atoms. The normalized spacial score (nSPS) is 26.6. The van der Waals surface area contributed by atoms with Gasteiger partial charge >= 0.3 is 0 Å². The highest BCUT2D eigenvalue weighted by molar-refractivity contribution is 5.07. The van der Waals surface area contributed by atoms with Crippen LogP contribution < -0.4 is 10.6 Å². The first kappa shape index (κ1) is 6.60. The SMILES string of the molecule is CC#C[C@H]1CNCCN1. The molecule has 0 aliphatic carbocycles. The molecule has 0 aromatic rings. The zero-order valence-corrected chi connectivity index (χ0v) is 5.70. The molecule has 0 unspecified atom stereocenters. The molecule has 50 valence electrons. The number of rotatable bonds is 0. The van der Waals surface area contributed by atoms with E-state index in [9.17, 15) is 0 Å². The molecule has 0 saturated carbocycles. The van der Waals surface area contributed by atoms with Crippen LogP contribution in [0, 0.1) is 11.8 Å². The van der Waals surface area contributed by atoms with E-state index >= 15 is 0 Å². The van der Waals surface area contributed by atoms with E-state index in [1.54, 1.807) is 0 Å². The molecule has 0 radical (unpaired) electrons. The molecule has 2 N–H and O–H groups in total. The van der Waals surface area contributed by atoms with Gasteiger partial charge in [-0.2, -0.15) is 0 Å². The highest BCUT2D eigenvalue weighted by atomic mass is 15.0. The first-order valence-corrected chi connectivity index (χ1v) is 3.30. The lowest BCUT2D eigenvalue weighted by Gasteiger charge is -2.19. The molecule has 1 heterocycles. The van der Waals surface area contributed by atoms with Gasteiger partial charge in [0, 0.05) is 19.6 Å². The molecule has 0 aromatic heterocycles. The Hall–Kier alpha value is -0.520. The average Bonchev–Trinajstić information content (AvgIpc) is 1.91. The third-order valence-corrected chi connectivity index (χ3v) is 1.36. The largest absolute Gasteiger partial charge is 0.313 e. The van der Waals surface area contributed by atoms with Gasteiger partial charge in [-0.3, -0.25) is 0 Å². The zero-order valence-electron chi connectivity index (χ0n) is 5.70. The Morgan fingerprint density at radius 2 is 2.33 bits per heavy atom.